The monoisotopic (exact) mass is 475 g/mol. The number of nitrogens with zero attached hydrogens (tertiary/aromatic N) is 1. The number of methoxy groups -OCH3 is 2. The number of guanidine groups is 1. The second-order valence-corrected chi connectivity index (χ2v) is 6.65. The van der Waals surface area contributed by atoms with Crippen molar-refractivity contribution in [2.75, 3.05) is 27.8 Å². The van der Waals surface area contributed by atoms with Crippen molar-refractivity contribution in [2.24, 2.45) is 4.99 Å². The van der Waals surface area contributed by atoms with E-state index in [1.54, 1.807) is 14.2 Å². The Morgan fingerprint density at radius 2 is 2.04 bits per heavy atom. The summed E-state index contributed by atoms with van der Waals surface area (Å²) >= 11 is 0. The average Bonchev–Trinajstić information content (AvgIpc) is 3.27. The van der Waals surface area contributed by atoms with Gasteiger partial charge in [-0.1, -0.05) is 6.07 Å². The van der Waals surface area contributed by atoms with E-state index in [0.29, 0.717) is 18.2 Å². The van der Waals surface area contributed by atoms with Crippen molar-refractivity contribution in [3.8, 4) is 11.5 Å². The van der Waals surface area contributed by atoms with Crippen LogP contribution in [0.5, 0.6) is 11.5 Å². The SMILES string of the molecule is CN=C(NCCCc1ccc(OC)c(OC)c1)NC1CC2CCC1O2.I. The maximum Gasteiger partial charge on any atom is 0.191 e. The molecule has 2 aliphatic heterocycles. The minimum absolute atomic E-state index is 0. The molecular formula is C19H30IN3O3. The summed E-state index contributed by atoms with van der Waals surface area (Å²) in [7, 11) is 5.14. The molecule has 2 bridgehead atoms. The lowest BCUT2D eigenvalue weighted by molar-refractivity contribution is 0.0992. The summed E-state index contributed by atoms with van der Waals surface area (Å²) in [5.74, 6) is 2.41. The molecule has 146 valence electrons. The minimum atomic E-state index is 0. The third kappa shape index (κ3) is 5.16. The van der Waals surface area contributed by atoms with Crippen LogP contribution in [0.2, 0.25) is 0 Å². The highest BCUT2D eigenvalue weighted by molar-refractivity contribution is 14.0. The Hall–Kier alpha value is -1.22. The van der Waals surface area contributed by atoms with Gasteiger partial charge in [-0.05, 0) is 49.8 Å². The summed E-state index contributed by atoms with van der Waals surface area (Å²) in [6.45, 7) is 0.871. The number of nitrogens with one attached hydrogen (secondary N) is 2. The molecule has 3 rings (SSSR count). The normalized spacial score (nSPS) is 24.1. The van der Waals surface area contributed by atoms with Crippen LogP contribution in [0.4, 0.5) is 0 Å². The van der Waals surface area contributed by atoms with Crippen LogP contribution in [0.15, 0.2) is 23.2 Å². The minimum Gasteiger partial charge on any atom is -0.493 e. The Bertz CT molecular complexity index is 612. The first-order valence-electron chi connectivity index (χ1n) is 9.07. The van der Waals surface area contributed by atoms with Crippen LogP contribution < -0.4 is 20.1 Å². The molecule has 3 atom stereocenters. The lowest BCUT2D eigenvalue weighted by atomic mass is 9.96. The van der Waals surface area contributed by atoms with Crippen LogP contribution in [-0.2, 0) is 11.2 Å². The Kier molecular flexibility index (Phi) is 8.27. The van der Waals surface area contributed by atoms with E-state index >= 15 is 0 Å². The van der Waals surface area contributed by atoms with Gasteiger partial charge in [0.2, 0.25) is 0 Å². The van der Waals surface area contributed by atoms with Gasteiger partial charge in [0.25, 0.3) is 0 Å². The molecule has 1 aromatic carbocycles. The largest absolute Gasteiger partial charge is 0.493 e. The maximum atomic E-state index is 5.89. The standard InChI is InChI=1S/C19H29N3O3.HI/c1-20-19(22-15-12-14-7-9-16(15)25-14)21-10-4-5-13-6-8-17(23-2)18(11-13)24-3;/h6,8,11,14-16H,4-5,7,9-10,12H2,1-3H3,(H2,20,21,22);1H. The van der Waals surface area contributed by atoms with Crippen molar-refractivity contribution in [2.45, 2.75) is 50.4 Å². The number of hydrogen-bond acceptors (Lipinski definition) is 4. The molecule has 0 amide bonds. The third-order valence-electron chi connectivity index (χ3n) is 5.03. The summed E-state index contributed by atoms with van der Waals surface area (Å²) < 4.78 is 16.5. The molecule has 2 heterocycles. The smallest absolute Gasteiger partial charge is 0.191 e. The first kappa shape index (κ1) is 21.1. The molecule has 2 aliphatic rings. The average molecular weight is 475 g/mol. The highest BCUT2D eigenvalue weighted by Crippen LogP contribution is 2.34. The Labute approximate surface area is 173 Å². The van der Waals surface area contributed by atoms with Gasteiger partial charge in [0.1, 0.15) is 0 Å². The van der Waals surface area contributed by atoms with Crippen molar-refractivity contribution in [3.63, 3.8) is 0 Å². The number of aliphatic imine (C=N–C) groups is 1. The molecule has 2 fully saturated rings. The van der Waals surface area contributed by atoms with Gasteiger partial charge in [-0.15, -0.1) is 24.0 Å². The summed E-state index contributed by atoms with van der Waals surface area (Å²) in [6, 6.07) is 6.48. The van der Waals surface area contributed by atoms with Crippen molar-refractivity contribution < 1.29 is 14.2 Å². The van der Waals surface area contributed by atoms with Crippen molar-refractivity contribution in [3.05, 3.63) is 23.8 Å². The fourth-order valence-corrected chi connectivity index (χ4v) is 3.70. The molecule has 0 saturated carbocycles. The number of halogens is 1. The molecule has 7 heteroatoms. The van der Waals surface area contributed by atoms with Gasteiger partial charge >= 0.3 is 0 Å². The predicted molar refractivity (Wildman–Crippen MR) is 114 cm³/mol. The van der Waals surface area contributed by atoms with Crippen LogP contribution in [-0.4, -0.2) is 52.0 Å². The van der Waals surface area contributed by atoms with E-state index < -0.39 is 0 Å². The van der Waals surface area contributed by atoms with E-state index in [2.05, 4.69) is 21.7 Å². The van der Waals surface area contributed by atoms with Gasteiger partial charge in [0, 0.05) is 13.6 Å². The number of benzene rings is 1. The maximum absolute atomic E-state index is 5.89. The van der Waals surface area contributed by atoms with Crippen LogP contribution in [0.3, 0.4) is 0 Å². The van der Waals surface area contributed by atoms with Gasteiger partial charge in [-0.2, -0.15) is 0 Å². The van der Waals surface area contributed by atoms with E-state index in [1.807, 2.05) is 19.2 Å². The number of aryl methyl sites for hydroxylation is 1. The fourth-order valence-electron chi connectivity index (χ4n) is 3.70. The van der Waals surface area contributed by atoms with Crippen LogP contribution >= 0.6 is 24.0 Å². The summed E-state index contributed by atoms with van der Waals surface area (Å²) in [5.41, 5.74) is 1.24. The summed E-state index contributed by atoms with van der Waals surface area (Å²) in [4.78, 5) is 4.33. The molecular weight excluding hydrogens is 445 g/mol. The van der Waals surface area contributed by atoms with E-state index in [4.69, 9.17) is 14.2 Å². The lowest BCUT2D eigenvalue weighted by Crippen LogP contribution is -2.47. The Morgan fingerprint density at radius 3 is 2.65 bits per heavy atom. The topological polar surface area (TPSA) is 64.1 Å². The van der Waals surface area contributed by atoms with Gasteiger partial charge in [-0.3, -0.25) is 4.99 Å². The van der Waals surface area contributed by atoms with Crippen LogP contribution in [0.1, 0.15) is 31.2 Å². The van der Waals surface area contributed by atoms with Gasteiger partial charge in [0.15, 0.2) is 17.5 Å². The van der Waals surface area contributed by atoms with E-state index in [-0.39, 0.29) is 24.0 Å². The number of hydrogen-bond donors (Lipinski definition) is 2. The number of fused-ring (bicyclic) bond motifs is 2. The first-order chi connectivity index (χ1) is 12.2. The van der Waals surface area contributed by atoms with E-state index in [9.17, 15) is 0 Å². The van der Waals surface area contributed by atoms with Crippen molar-refractivity contribution in [1.29, 1.82) is 0 Å². The fraction of sp³-hybridized carbons (Fsp3) is 0.632. The molecule has 3 unspecified atom stereocenters. The lowest BCUT2D eigenvalue weighted by Gasteiger charge is -2.22. The Balaban J connectivity index is 0.00000243. The molecule has 26 heavy (non-hydrogen) atoms. The molecule has 0 aliphatic carbocycles. The van der Waals surface area contributed by atoms with Gasteiger partial charge in [-0.25, -0.2) is 0 Å². The predicted octanol–water partition coefficient (Wildman–Crippen LogP) is 2.74. The number of ether oxygens (including phenoxy) is 3. The number of rotatable bonds is 7. The van der Waals surface area contributed by atoms with Gasteiger partial charge < -0.3 is 24.8 Å². The highest BCUT2D eigenvalue weighted by atomic mass is 127. The zero-order chi connectivity index (χ0) is 17.6. The molecule has 0 aromatic heterocycles. The summed E-state index contributed by atoms with van der Waals surface area (Å²) in [6.07, 6.45) is 6.27. The quantitative estimate of drug-likeness (QED) is 0.275. The molecule has 6 nitrogen and oxygen atoms in total. The summed E-state index contributed by atoms with van der Waals surface area (Å²) in [5, 5.41) is 6.91. The zero-order valence-corrected chi connectivity index (χ0v) is 18.1. The van der Waals surface area contributed by atoms with Crippen molar-refractivity contribution >= 4 is 29.9 Å². The first-order valence-corrected chi connectivity index (χ1v) is 9.07. The second-order valence-electron chi connectivity index (χ2n) is 6.65. The van der Waals surface area contributed by atoms with Crippen molar-refractivity contribution in [1.82, 2.24) is 10.6 Å². The zero-order valence-electron chi connectivity index (χ0n) is 15.8. The third-order valence-corrected chi connectivity index (χ3v) is 5.03. The highest BCUT2D eigenvalue weighted by Gasteiger charge is 2.41. The Morgan fingerprint density at radius 1 is 1.23 bits per heavy atom. The van der Waals surface area contributed by atoms with E-state index in [1.165, 1.54) is 18.4 Å². The molecule has 0 radical (unpaired) electrons. The van der Waals surface area contributed by atoms with Crippen LogP contribution in [0.25, 0.3) is 0 Å². The molecule has 1 aromatic rings. The molecule has 2 saturated heterocycles. The van der Waals surface area contributed by atoms with E-state index in [0.717, 1.165) is 43.3 Å². The second kappa shape index (κ2) is 10.2. The molecule has 0 spiro atoms. The van der Waals surface area contributed by atoms with Gasteiger partial charge in [0.05, 0.1) is 32.5 Å². The molecule has 2 N–H and O–H groups in total. The van der Waals surface area contributed by atoms with Crippen LogP contribution in [0, 0.1) is 0 Å².